The molecule has 0 amide bonds. The number of hydrogen-bond donors (Lipinski definition) is 2. The van der Waals surface area contributed by atoms with Crippen LogP contribution >= 0.6 is 11.6 Å². The molecule has 0 radical (unpaired) electrons. The first-order valence-electron chi connectivity index (χ1n) is 5.35. The van der Waals surface area contributed by atoms with Gasteiger partial charge in [-0.1, -0.05) is 11.6 Å². The van der Waals surface area contributed by atoms with Gasteiger partial charge in [-0.25, -0.2) is 13.1 Å². The number of nitrogens with zero attached hydrogens (tertiary/aromatic N) is 1. The Labute approximate surface area is 115 Å². The smallest absolute Gasteiger partial charge is 0.271 e. The van der Waals surface area contributed by atoms with E-state index in [0.717, 1.165) is 18.2 Å². The third kappa shape index (κ3) is 4.13. The molecule has 9 heteroatoms. The van der Waals surface area contributed by atoms with E-state index < -0.39 is 21.0 Å². The Bertz CT molecular complexity index is 575. The minimum atomic E-state index is -3.87. The van der Waals surface area contributed by atoms with Crippen molar-refractivity contribution in [1.82, 2.24) is 4.72 Å². The molecule has 1 aromatic rings. The SMILES string of the molecule is CC(CCO)NS(=O)(=O)c1ccc([N+](=O)[O-])cc1Cl. The van der Waals surface area contributed by atoms with E-state index in [1.54, 1.807) is 6.92 Å². The molecular formula is C10H13ClN2O5S. The number of hydrogen-bond acceptors (Lipinski definition) is 5. The fourth-order valence-corrected chi connectivity index (χ4v) is 3.22. The monoisotopic (exact) mass is 308 g/mol. The minimum absolute atomic E-state index is 0.155. The molecule has 0 saturated heterocycles. The summed E-state index contributed by atoms with van der Waals surface area (Å²) in [7, 11) is -3.87. The molecule has 0 heterocycles. The molecule has 0 aliphatic carbocycles. The summed E-state index contributed by atoms with van der Waals surface area (Å²) >= 11 is 5.75. The molecule has 7 nitrogen and oxygen atoms in total. The Kier molecular flexibility index (Phi) is 5.24. The van der Waals surface area contributed by atoms with Gasteiger partial charge >= 0.3 is 0 Å². The molecule has 0 bridgehead atoms. The van der Waals surface area contributed by atoms with Crippen LogP contribution in [0.25, 0.3) is 0 Å². The summed E-state index contributed by atoms with van der Waals surface area (Å²) in [4.78, 5) is 9.64. The van der Waals surface area contributed by atoms with E-state index in [9.17, 15) is 18.5 Å². The summed E-state index contributed by atoms with van der Waals surface area (Å²) in [5, 5.41) is 19.0. The first kappa shape index (κ1) is 15.8. The summed E-state index contributed by atoms with van der Waals surface area (Å²) in [5.74, 6) is 0. The van der Waals surface area contributed by atoms with Gasteiger partial charge in [0.15, 0.2) is 0 Å². The lowest BCUT2D eigenvalue weighted by molar-refractivity contribution is -0.384. The maximum atomic E-state index is 12.0. The molecule has 1 atom stereocenters. The molecule has 0 aromatic heterocycles. The molecule has 0 spiro atoms. The van der Waals surface area contributed by atoms with E-state index in [4.69, 9.17) is 16.7 Å². The standard InChI is InChI=1S/C10H13ClN2O5S/c1-7(4-5-14)12-19(17,18)10-3-2-8(13(15)16)6-9(10)11/h2-3,6-7,12,14H,4-5H2,1H3. The van der Waals surface area contributed by atoms with Gasteiger partial charge < -0.3 is 5.11 Å². The predicted octanol–water partition coefficient (Wildman–Crippen LogP) is 1.30. The minimum Gasteiger partial charge on any atom is -0.396 e. The lowest BCUT2D eigenvalue weighted by Crippen LogP contribution is -2.33. The summed E-state index contributed by atoms with van der Waals surface area (Å²) in [5.41, 5.74) is -0.285. The lowest BCUT2D eigenvalue weighted by Gasteiger charge is -2.13. The van der Waals surface area contributed by atoms with Gasteiger partial charge in [-0.2, -0.15) is 0 Å². The first-order valence-corrected chi connectivity index (χ1v) is 7.21. The molecule has 1 rings (SSSR count). The van der Waals surface area contributed by atoms with E-state index in [2.05, 4.69) is 4.72 Å². The topological polar surface area (TPSA) is 110 Å². The van der Waals surface area contributed by atoms with Gasteiger partial charge in [0.25, 0.3) is 5.69 Å². The van der Waals surface area contributed by atoms with Crippen molar-refractivity contribution in [3.8, 4) is 0 Å². The van der Waals surface area contributed by atoms with Crippen LogP contribution in [0.4, 0.5) is 5.69 Å². The van der Waals surface area contributed by atoms with Crippen LogP contribution in [0.1, 0.15) is 13.3 Å². The molecule has 19 heavy (non-hydrogen) atoms. The lowest BCUT2D eigenvalue weighted by atomic mass is 10.3. The van der Waals surface area contributed by atoms with Crippen LogP contribution in [-0.4, -0.2) is 31.1 Å². The van der Waals surface area contributed by atoms with E-state index in [-0.39, 0.29) is 28.6 Å². The second kappa shape index (κ2) is 6.29. The fourth-order valence-electron chi connectivity index (χ4n) is 1.40. The highest BCUT2D eigenvalue weighted by molar-refractivity contribution is 7.89. The number of halogens is 1. The largest absolute Gasteiger partial charge is 0.396 e. The van der Waals surface area contributed by atoms with Gasteiger partial charge in [-0.3, -0.25) is 10.1 Å². The Morgan fingerprint density at radius 1 is 1.53 bits per heavy atom. The van der Waals surface area contributed by atoms with Crippen molar-refractivity contribution in [2.45, 2.75) is 24.3 Å². The van der Waals surface area contributed by atoms with Crippen molar-refractivity contribution in [1.29, 1.82) is 0 Å². The average Bonchev–Trinajstić information content (AvgIpc) is 2.27. The van der Waals surface area contributed by atoms with Crippen molar-refractivity contribution in [2.75, 3.05) is 6.61 Å². The predicted molar refractivity (Wildman–Crippen MR) is 69.6 cm³/mol. The van der Waals surface area contributed by atoms with Crippen LogP contribution in [0.5, 0.6) is 0 Å². The third-order valence-electron chi connectivity index (χ3n) is 2.33. The van der Waals surface area contributed by atoms with Crippen molar-refractivity contribution < 1.29 is 18.4 Å². The molecule has 2 N–H and O–H groups in total. The van der Waals surface area contributed by atoms with Crippen LogP contribution in [0.2, 0.25) is 5.02 Å². The van der Waals surface area contributed by atoms with Gasteiger partial charge in [-0.05, 0) is 19.4 Å². The van der Waals surface area contributed by atoms with Gasteiger partial charge in [0, 0.05) is 24.8 Å². The van der Waals surface area contributed by atoms with Gasteiger partial charge in [0.1, 0.15) is 4.90 Å². The summed E-state index contributed by atoms with van der Waals surface area (Å²) in [6, 6.07) is 2.65. The second-order valence-corrected chi connectivity index (χ2v) is 6.00. The number of aliphatic hydroxyl groups excluding tert-OH is 1. The molecule has 0 saturated carbocycles. The zero-order chi connectivity index (χ0) is 14.6. The molecule has 1 unspecified atom stereocenters. The Morgan fingerprint density at radius 2 is 2.16 bits per heavy atom. The normalized spacial score (nSPS) is 13.2. The molecule has 0 fully saturated rings. The summed E-state index contributed by atoms with van der Waals surface area (Å²) in [6.07, 6.45) is 0.254. The van der Waals surface area contributed by atoms with Crippen molar-refractivity contribution in [2.24, 2.45) is 0 Å². The zero-order valence-corrected chi connectivity index (χ0v) is 11.6. The molecule has 1 aromatic carbocycles. The number of aliphatic hydroxyl groups is 1. The third-order valence-corrected chi connectivity index (χ3v) is 4.41. The number of nitrogens with one attached hydrogen (secondary N) is 1. The molecule has 0 aliphatic rings. The Hall–Kier alpha value is -1.22. The van der Waals surface area contributed by atoms with E-state index in [1.807, 2.05) is 0 Å². The number of non-ortho nitro benzene ring substituents is 1. The highest BCUT2D eigenvalue weighted by Crippen LogP contribution is 2.26. The van der Waals surface area contributed by atoms with Crippen molar-refractivity contribution >= 4 is 27.3 Å². The van der Waals surface area contributed by atoms with Gasteiger partial charge in [0.2, 0.25) is 10.0 Å². The fraction of sp³-hybridized carbons (Fsp3) is 0.400. The zero-order valence-electron chi connectivity index (χ0n) is 10.0. The van der Waals surface area contributed by atoms with E-state index in [0.29, 0.717) is 0 Å². The van der Waals surface area contributed by atoms with Gasteiger partial charge in [0.05, 0.1) is 9.95 Å². The molecular weight excluding hydrogens is 296 g/mol. The summed E-state index contributed by atoms with van der Waals surface area (Å²) < 4.78 is 26.3. The Balaban J connectivity index is 3.05. The van der Waals surface area contributed by atoms with Crippen LogP contribution in [-0.2, 0) is 10.0 Å². The maximum Gasteiger partial charge on any atom is 0.271 e. The Morgan fingerprint density at radius 3 is 2.63 bits per heavy atom. The number of sulfonamides is 1. The average molecular weight is 309 g/mol. The number of nitro benzene ring substituents is 1. The van der Waals surface area contributed by atoms with Crippen LogP contribution in [0.3, 0.4) is 0 Å². The quantitative estimate of drug-likeness (QED) is 0.608. The highest BCUT2D eigenvalue weighted by Gasteiger charge is 2.22. The molecule has 106 valence electrons. The van der Waals surface area contributed by atoms with Crippen LogP contribution < -0.4 is 4.72 Å². The number of rotatable bonds is 6. The number of benzene rings is 1. The van der Waals surface area contributed by atoms with E-state index >= 15 is 0 Å². The van der Waals surface area contributed by atoms with Crippen LogP contribution in [0, 0.1) is 10.1 Å². The second-order valence-electron chi connectivity index (χ2n) is 3.91. The molecule has 0 aliphatic heterocycles. The van der Waals surface area contributed by atoms with Crippen molar-refractivity contribution in [3.63, 3.8) is 0 Å². The van der Waals surface area contributed by atoms with E-state index in [1.165, 1.54) is 0 Å². The van der Waals surface area contributed by atoms with Crippen LogP contribution in [0.15, 0.2) is 23.1 Å². The summed E-state index contributed by atoms with van der Waals surface area (Å²) in [6.45, 7) is 1.44. The highest BCUT2D eigenvalue weighted by atomic mass is 35.5. The van der Waals surface area contributed by atoms with Gasteiger partial charge in [-0.15, -0.1) is 0 Å². The number of nitro groups is 1. The first-order chi connectivity index (χ1) is 8.77. The maximum absolute atomic E-state index is 12.0. The van der Waals surface area contributed by atoms with Crippen molar-refractivity contribution in [3.05, 3.63) is 33.3 Å².